The molecule has 2 aromatic rings. The maximum atomic E-state index is 12.2. The minimum absolute atomic E-state index is 0.171. The van der Waals surface area contributed by atoms with Crippen LogP contribution in [-0.2, 0) is 6.54 Å². The van der Waals surface area contributed by atoms with E-state index >= 15 is 0 Å². The molecule has 0 radical (unpaired) electrons. The van der Waals surface area contributed by atoms with Crippen LogP contribution in [0.5, 0.6) is 0 Å². The van der Waals surface area contributed by atoms with Crippen LogP contribution in [0.15, 0.2) is 18.2 Å². The first-order valence-corrected chi connectivity index (χ1v) is 5.44. The lowest BCUT2D eigenvalue weighted by atomic mass is 10.2. The molecule has 1 aromatic heterocycles. The lowest BCUT2D eigenvalue weighted by Gasteiger charge is -2.06. The molecule has 0 N–H and O–H groups in total. The summed E-state index contributed by atoms with van der Waals surface area (Å²) < 4.78 is 37.8. The van der Waals surface area contributed by atoms with Gasteiger partial charge in [0.1, 0.15) is 0 Å². The molecule has 0 atom stereocenters. The molecule has 6 heteroatoms. The third kappa shape index (κ3) is 2.72. The van der Waals surface area contributed by atoms with Gasteiger partial charge in [0, 0.05) is 10.4 Å². The number of aryl methyl sites for hydroxylation is 2. The summed E-state index contributed by atoms with van der Waals surface area (Å²) in [5.41, 5.74) is 1.36. The topological polar surface area (TPSA) is 17.8 Å². The second-order valence-electron chi connectivity index (χ2n) is 3.84. The monoisotopic (exact) mass is 262 g/mol. The van der Waals surface area contributed by atoms with Gasteiger partial charge >= 0.3 is 6.18 Å². The molecule has 0 aliphatic rings. The predicted molar refractivity (Wildman–Crippen MR) is 60.2 cm³/mol. The third-order valence-corrected chi connectivity index (χ3v) is 2.74. The summed E-state index contributed by atoms with van der Waals surface area (Å²) >= 11 is 5.83. The van der Waals surface area contributed by atoms with Gasteiger partial charge < -0.3 is 0 Å². The third-order valence-electron chi connectivity index (χ3n) is 2.50. The standard InChI is InChI=1S/C11H10ClF3N2/c1-7-9-6-8(12)2-3-10(9)17(16-7)5-4-11(13,14)15/h2-3,6H,4-5H2,1H3. The maximum absolute atomic E-state index is 12.2. The predicted octanol–water partition coefficient (Wildman–Crippen LogP) is 3.95. The van der Waals surface area contributed by atoms with Gasteiger partial charge in [-0.25, -0.2) is 0 Å². The van der Waals surface area contributed by atoms with E-state index in [1.54, 1.807) is 25.1 Å². The van der Waals surface area contributed by atoms with Crippen molar-refractivity contribution in [2.75, 3.05) is 0 Å². The Labute approximate surface area is 101 Å². The Kier molecular flexibility index (Phi) is 3.03. The van der Waals surface area contributed by atoms with Crippen LogP contribution in [0.4, 0.5) is 13.2 Å². The number of alkyl halides is 3. The first-order chi connectivity index (χ1) is 7.87. The summed E-state index contributed by atoms with van der Waals surface area (Å²) in [7, 11) is 0. The van der Waals surface area contributed by atoms with Gasteiger partial charge in [0.25, 0.3) is 0 Å². The number of nitrogens with zero attached hydrogens (tertiary/aromatic N) is 2. The number of halogens is 4. The van der Waals surface area contributed by atoms with E-state index in [9.17, 15) is 13.2 Å². The van der Waals surface area contributed by atoms with Crippen LogP contribution in [0.1, 0.15) is 12.1 Å². The Balaban J connectivity index is 2.36. The summed E-state index contributed by atoms with van der Waals surface area (Å²) in [6, 6.07) is 5.05. The molecule has 2 rings (SSSR count). The highest BCUT2D eigenvalue weighted by atomic mass is 35.5. The first-order valence-electron chi connectivity index (χ1n) is 5.06. The van der Waals surface area contributed by atoms with Crippen molar-refractivity contribution >= 4 is 22.5 Å². The number of benzene rings is 1. The average molecular weight is 263 g/mol. The molecule has 0 fully saturated rings. The van der Waals surface area contributed by atoms with Gasteiger partial charge in [-0.1, -0.05) is 11.6 Å². The summed E-state index contributed by atoms with van der Waals surface area (Å²) in [4.78, 5) is 0. The molecule has 0 saturated carbocycles. The van der Waals surface area contributed by atoms with Crippen molar-refractivity contribution in [2.45, 2.75) is 26.1 Å². The van der Waals surface area contributed by atoms with Crippen LogP contribution in [-0.4, -0.2) is 16.0 Å². The Bertz CT molecular complexity index is 545. The minimum atomic E-state index is -4.17. The quantitative estimate of drug-likeness (QED) is 0.801. The van der Waals surface area contributed by atoms with E-state index in [-0.39, 0.29) is 6.54 Å². The molecule has 17 heavy (non-hydrogen) atoms. The largest absolute Gasteiger partial charge is 0.390 e. The van der Waals surface area contributed by atoms with E-state index in [2.05, 4.69) is 5.10 Å². The zero-order valence-corrected chi connectivity index (χ0v) is 9.81. The smallest absolute Gasteiger partial charge is 0.264 e. The van der Waals surface area contributed by atoms with Crippen LogP contribution in [0, 0.1) is 6.92 Å². The van der Waals surface area contributed by atoms with E-state index in [1.165, 1.54) is 4.68 Å². The number of hydrogen-bond acceptors (Lipinski definition) is 1. The summed E-state index contributed by atoms with van der Waals surface area (Å²) in [5, 5.41) is 5.44. The molecular formula is C11H10ClF3N2. The highest BCUT2D eigenvalue weighted by Crippen LogP contribution is 2.25. The zero-order chi connectivity index (χ0) is 12.6. The van der Waals surface area contributed by atoms with Gasteiger partial charge in [0.2, 0.25) is 0 Å². The van der Waals surface area contributed by atoms with Crippen molar-refractivity contribution in [1.82, 2.24) is 9.78 Å². The Morgan fingerprint density at radius 3 is 2.71 bits per heavy atom. The Morgan fingerprint density at radius 1 is 1.35 bits per heavy atom. The van der Waals surface area contributed by atoms with Gasteiger partial charge in [-0.2, -0.15) is 18.3 Å². The van der Waals surface area contributed by atoms with Gasteiger partial charge in [0.05, 0.1) is 24.2 Å². The molecule has 0 amide bonds. The van der Waals surface area contributed by atoms with Crippen LogP contribution in [0.25, 0.3) is 10.9 Å². The highest BCUT2D eigenvalue weighted by molar-refractivity contribution is 6.31. The van der Waals surface area contributed by atoms with Crippen molar-refractivity contribution in [1.29, 1.82) is 0 Å². The van der Waals surface area contributed by atoms with Gasteiger partial charge in [-0.05, 0) is 25.1 Å². The molecule has 0 unspecified atom stereocenters. The molecule has 0 aliphatic carbocycles. The molecule has 92 valence electrons. The molecule has 0 bridgehead atoms. The molecule has 1 heterocycles. The van der Waals surface area contributed by atoms with Crippen LogP contribution in [0.2, 0.25) is 5.02 Å². The van der Waals surface area contributed by atoms with E-state index < -0.39 is 12.6 Å². The lowest BCUT2D eigenvalue weighted by Crippen LogP contribution is -2.13. The fourth-order valence-electron chi connectivity index (χ4n) is 1.72. The van der Waals surface area contributed by atoms with E-state index in [0.717, 1.165) is 5.39 Å². The lowest BCUT2D eigenvalue weighted by molar-refractivity contribution is -0.137. The van der Waals surface area contributed by atoms with Crippen molar-refractivity contribution in [3.8, 4) is 0 Å². The number of aromatic nitrogens is 2. The van der Waals surface area contributed by atoms with E-state index in [1.807, 2.05) is 0 Å². The second-order valence-corrected chi connectivity index (χ2v) is 4.27. The SMILES string of the molecule is Cc1nn(CCC(F)(F)F)c2ccc(Cl)cc12. The first kappa shape index (κ1) is 12.2. The second kappa shape index (κ2) is 4.22. The molecular weight excluding hydrogens is 253 g/mol. The van der Waals surface area contributed by atoms with Crippen LogP contribution >= 0.6 is 11.6 Å². The highest BCUT2D eigenvalue weighted by Gasteiger charge is 2.27. The number of rotatable bonds is 2. The molecule has 0 saturated heterocycles. The number of fused-ring (bicyclic) bond motifs is 1. The van der Waals surface area contributed by atoms with Crippen molar-refractivity contribution in [2.24, 2.45) is 0 Å². The Morgan fingerprint density at radius 2 is 2.06 bits per heavy atom. The van der Waals surface area contributed by atoms with E-state index in [4.69, 9.17) is 11.6 Å². The van der Waals surface area contributed by atoms with Crippen molar-refractivity contribution in [3.05, 3.63) is 28.9 Å². The van der Waals surface area contributed by atoms with Gasteiger partial charge in [-0.3, -0.25) is 4.68 Å². The molecule has 0 aliphatic heterocycles. The van der Waals surface area contributed by atoms with Gasteiger partial charge in [0.15, 0.2) is 0 Å². The summed E-state index contributed by atoms with van der Waals surface area (Å²) in [5.74, 6) is 0. The van der Waals surface area contributed by atoms with Crippen LogP contribution in [0.3, 0.4) is 0 Å². The molecule has 2 nitrogen and oxygen atoms in total. The summed E-state index contributed by atoms with van der Waals surface area (Å²) in [6.45, 7) is 1.58. The zero-order valence-electron chi connectivity index (χ0n) is 9.05. The number of hydrogen-bond donors (Lipinski definition) is 0. The fourth-order valence-corrected chi connectivity index (χ4v) is 1.89. The van der Waals surface area contributed by atoms with Crippen LogP contribution < -0.4 is 0 Å². The van der Waals surface area contributed by atoms with Gasteiger partial charge in [-0.15, -0.1) is 0 Å². The summed E-state index contributed by atoms with van der Waals surface area (Å²) in [6.07, 6.45) is -5.05. The average Bonchev–Trinajstić information content (AvgIpc) is 2.52. The normalized spacial score (nSPS) is 12.3. The minimum Gasteiger partial charge on any atom is -0.264 e. The van der Waals surface area contributed by atoms with Crippen molar-refractivity contribution in [3.63, 3.8) is 0 Å². The van der Waals surface area contributed by atoms with E-state index in [0.29, 0.717) is 16.2 Å². The fraction of sp³-hybridized carbons (Fsp3) is 0.364. The Hall–Kier alpha value is -1.23. The maximum Gasteiger partial charge on any atom is 0.390 e. The molecule has 1 aromatic carbocycles. The molecule has 0 spiro atoms. The van der Waals surface area contributed by atoms with Crippen molar-refractivity contribution < 1.29 is 13.2 Å².